The molecule has 190 valence electrons. The summed E-state index contributed by atoms with van der Waals surface area (Å²) in [4.78, 5) is 35.5. The van der Waals surface area contributed by atoms with Gasteiger partial charge in [-0.3, -0.25) is 4.79 Å². The molecule has 0 bridgehead atoms. The minimum absolute atomic E-state index is 0.0695. The van der Waals surface area contributed by atoms with Crippen LogP contribution < -0.4 is 5.32 Å². The summed E-state index contributed by atoms with van der Waals surface area (Å²) < 4.78 is 20.3. The Morgan fingerprint density at radius 2 is 1.97 bits per heavy atom. The van der Waals surface area contributed by atoms with Crippen LogP contribution in [0.4, 0.5) is 4.39 Å². The molecule has 1 amide bonds. The van der Waals surface area contributed by atoms with Crippen molar-refractivity contribution in [1.82, 2.24) is 15.2 Å². The normalized spacial score (nSPS) is 16.9. The number of thioether (sulfide) groups is 1. The van der Waals surface area contributed by atoms with Gasteiger partial charge in [-0.2, -0.15) is 0 Å². The molecule has 0 saturated carbocycles. The van der Waals surface area contributed by atoms with Crippen LogP contribution >= 0.6 is 11.8 Å². The fraction of sp³-hybridized carbons (Fsp3) is 0.250. The van der Waals surface area contributed by atoms with E-state index in [1.165, 1.54) is 17.8 Å². The van der Waals surface area contributed by atoms with E-state index in [0.717, 1.165) is 16.5 Å². The highest BCUT2D eigenvalue weighted by atomic mass is 32.2. The maximum Gasteiger partial charge on any atom is 0.338 e. The van der Waals surface area contributed by atoms with E-state index in [1.807, 2.05) is 29.8 Å². The molecular formula is C28H27FN4O3S. The number of carbonyl (C=O) groups is 2. The highest BCUT2D eigenvalue weighted by Gasteiger charge is 2.42. The molecule has 1 unspecified atom stereocenters. The molecular weight excluding hydrogens is 491 g/mol. The average molecular weight is 519 g/mol. The molecule has 1 aromatic heterocycles. The molecule has 0 fully saturated rings. The molecule has 3 aromatic rings. The first kappa shape index (κ1) is 24.8. The molecule has 2 aliphatic rings. The number of H-pyrrole nitrogens is 1. The van der Waals surface area contributed by atoms with Crippen LogP contribution in [0.15, 0.2) is 82.1 Å². The second kappa shape index (κ2) is 10.6. The number of para-hydroxylation sites is 1. The topological polar surface area (TPSA) is 86.8 Å². The Kier molecular flexibility index (Phi) is 7.14. The van der Waals surface area contributed by atoms with E-state index in [4.69, 9.17) is 4.74 Å². The van der Waals surface area contributed by atoms with Crippen molar-refractivity contribution in [1.29, 1.82) is 0 Å². The summed E-state index contributed by atoms with van der Waals surface area (Å²) in [5, 5.41) is 6.57. The molecule has 1 atom stereocenters. The molecule has 5 rings (SSSR count). The lowest BCUT2D eigenvalue weighted by atomic mass is 9.93. The summed E-state index contributed by atoms with van der Waals surface area (Å²) in [6.07, 6.45) is 2.72. The van der Waals surface area contributed by atoms with Crippen molar-refractivity contribution in [3.05, 3.63) is 94.0 Å². The van der Waals surface area contributed by atoms with Crippen LogP contribution in [0.3, 0.4) is 0 Å². The first-order valence-electron chi connectivity index (χ1n) is 12.2. The van der Waals surface area contributed by atoms with Crippen LogP contribution in [-0.2, 0) is 20.7 Å². The van der Waals surface area contributed by atoms with Gasteiger partial charge >= 0.3 is 5.97 Å². The first-order valence-corrected chi connectivity index (χ1v) is 13.0. The fourth-order valence-corrected chi connectivity index (χ4v) is 5.70. The number of aromatic amines is 1. The molecule has 9 heteroatoms. The largest absolute Gasteiger partial charge is 0.463 e. The van der Waals surface area contributed by atoms with Crippen LogP contribution in [0, 0.1) is 5.82 Å². The van der Waals surface area contributed by atoms with Crippen LogP contribution in [0.1, 0.15) is 37.4 Å². The molecule has 0 radical (unpaired) electrons. The van der Waals surface area contributed by atoms with Gasteiger partial charge in [-0.05, 0) is 43.4 Å². The van der Waals surface area contributed by atoms with Gasteiger partial charge in [-0.1, -0.05) is 48.2 Å². The number of hydrogen-bond acceptors (Lipinski definition) is 6. The minimum atomic E-state index is -0.784. The number of amides is 1. The average Bonchev–Trinajstić information content (AvgIpc) is 3.48. The Bertz CT molecular complexity index is 1460. The monoisotopic (exact) mass is 518 g/mol. The van der Waals surface area contributed by atoms with Gasteiger partial charge in [0.15, 0.2) is 5.17 Å². The van der Waals surface area contributed by atoms with E-state index in [0.29, 0.717) is 35.1 Å². The van der Waals surface area contributed by atoms with E-state index in [9.17, 15) is 9.59 Å². The van der Waals surface area contributed by atoms with E-state index in [2.05, 4.69) is 21.4 Å². The summed E-state index contributed by atoms with van der Waals surface area (Å²) in [6.45, 7) is 4.11. The summed E-state index contributed by atoms with van der Waals surface area (Å²) in [5.74, 6) is -1.15. The summed E-state index contributed by atoms with van der Waals surface area (Å²) in [6, 6.07) is 13.6. The number of hydrogen-bond donors (Lipinski definition) is 2. The molecule has 37 heavy (non-hydrogen) atoms. The number of carbonyl (C=O) groups excluding carboxylic acids is 2. The van der Waals surface area contributed by atoms with Crippen molar-refractivity contribution in [3.63, 3.8) is 0 Å². The number of nitrogens with one attached hydrogen (secondary N) is 2. The Labute approximate surface area is 218 Å². The minimum Gasteiger partial charge on any atom is -0.463 e. The van der Waals surface area contributed by atoms with E-state index < -0.39 is 17.8 Å². The Morgan fingerprint density at radius 3 is 2.78 bits per heavy atom. The number of rotatable bonds is 8. The van der Waals surface area contributed by atoms with Gasteiger partial charge in [0.05, 0.1) is 30.3 Å². The Morgan fingerprint density at radius 1 is 1.19 bits per heavy atom. The third-order valence-electron chi connectivity index (χ3n) is 6.43. The zero-order valence-electron chi connectivity index (χ0n) is 20.6. The predicted molar refractivity (Wildman–Crippen MR) is 143 cm³/mol. The lowest BCUT2D eigenvalue weighted by Gasteiger charge is -2.36. The van der Waals surface area contributed by atoms with Gasteiger partial charge in [0.2, 0.25) is 5.91 Å². The molecule has 0 saturated heterocycles. The zero-order valence-corrected chi connectivity index (χ0v) is 21.4. The lowest BCUT2D eigenvalue weighted by Crippen LogP contribution is -2.38. The van der Waals surface area contributed by atoms with Crippen LogP contribution in [0.2, 0.25) is 0 Å². The van der Waals surface area contributed by atoms with Gasteiger partial charge in [0.25, 0.3) is 0 Å². The standard InChI is InChI=1S/C28H27FN4O3S/c1-3-36-27(35)25-17(2)32-28-33(26(25)21-9-4-6-10-22(21)29)19(16-37-28)14-24(34)30-13-12-18-15-31-23-11-7-5-8-20(18)23/h4-11,15-16,26,31H,3,12-14H2,1-2H3,(H,30,34). The number of allylic oxidation sites excluding steroid dienone is 1. The number of amidine groups is 1. The van der Waals surface area contributed by atoms with Crippen molar-refractivity contribution in [2.24, 2.45) is 4.99 Å². The summed E-state index contributed by atoms with van der Waals surface area (Å²) in [7, 11) is 0. The molecule has 3 heterocycles. The molecule has 2 aliphatic heterocycles. The Balaban J connectivity index is 1.34. The number of esters is 1. The predicted octanol–water partition coefficient (Wildman–Crippen LogP) is 5.19. The lowest BCUT2D eigenvalue weighted by molar-refractivity contribution is -0.139. The molecule has 2 N–H and O–H groups in total. The quantitative estimate of drug-likeness (QED) is 0.401. The number of halogens is 1. The van der Waals surface area contributed by atoms with E-state index in [1.54, 1.807) is 36.9 Å². The van der Waals surface area contributed by atoms with E-state index in [-0.39, 0.29) is 24.5 Å². The zero-order chi connectivity index (χ0) is 25.9. The highest BCUT2D eigenvalue weighted by molar-refractivity contribution is 8.16. The number of aliphatic imine (C=N–C) groups is 1. The maximum atomic E-state index is 15.0. The van der Waals surface area contributed by atoms with Gasteiger partial charge < -0.3 is 19.9 Å². The van der Waals surface area contributed by atoms with Crippen molar-refractivity contribution in [2.45, 2.75) is 32.7 Å². The van der Waals surface area contributed by atoms with Crippen molar-refractivity contribution in [2.75, 3.05) is 13.2 Å². The maximum absolute atomic E-state index is 15.0. The van der Waals surface area contributed by atoms with Crippen LogP contribution in [-0.4, -0.2) is 40.1 Å². The second-order valence-electron chi connectivity index (χ2n) is 8.77. The number of nitrogens with zero attached hydrogens (tertiary/aromatic N) is 2. The number of ether oxygens (including phenoxy) is 1. The first-order chi connectivity index (χ1) is 18.0. The molecule has 2 aromatic carbocycles. The Hall–Kier alpha value is -3.85. The van der Waals surface area contributed by atoms with Gasteiger partial charge in [0, 0.05) is 34.9 Å². The SMILES string of the molecule is CCOC(=O)C1=C(C)N=C2SC=C(CC(=O)NCCc3c[nH]c4ccccc34)N2C1c1ccccc1F. The molecule has 0 spiro atoms. The summed E-state index contributed by atoms with van der Waals surface area (Å²) >= 11 is 1.36. The second-order valence-corrected chi connectivity index (χ2v) is 9.61. The van der Waals surface area contributed by atoms with Crippen molar-refractivity contribution >= 4 is 39.7 Å². The third-order valence-corrected chi connectivity index (χ3v) is 7.32. The van der Waals surface area contributed by atoms with E-state index >= 15 is 4.39 Å². The summed E-state index contributed by atoms with van der Waals surface area (Å²) in [5.41, 5.74) is 3.92. The third kappa shape index (κ3) is 4.91. The van der Waals surface area contributed by atoms with Crippen LogP contribution in [0.25, 0.3) is 10.9 Å². The van der Waals surface area contributed by atoms with Crippen LogP contribution in [0.5, 0.6) is 0 Å². The number of fused-ring (bicyclic) bond motifs is 2. The van der Waals surface area contributed by atoms with Gasteiger partial charge in [0.1, 0.15) is 5.82 Å². The van der Waals surface area contributed by atoms with Gasteiger partial charge in [-0.25, -0.2) is 14.2 Å². The smallest absolute Gasteiger partial charge is 0.338 e. The highest BCUT2D eigenvalue weighted by Crippen LogP contribution is 2.45. The fourth-order valence-electron chi connectivity index (χ4n) is 4.73. The number of aromatic nitrogens is 1. The molecule has 7 nitrogen and oxygen atoms in total. The number of benzene rings is 2. The molecule has 0 aliphatic carbocycles. The van der Waals surface area contributed by atoms with Crippen molar-refractivity contribution < 1.29 is 18.7 Å². The van der Waals surface area contributed by atoms with Crippen molar-refractivity contribution in [3.8, 4) is 0 Å². The van der Waals surface area contributed by atoms with Gasteiger partial charge in [-0.15, -0.1) is 0 Å².